The van der Waals surface area contributed by atoms with Gasteiger partial charge in [0.2, 0.25) is 0 Å². The van der Waals surface area contributed by atoms with E-state index in [1.165, 1.54) is 0 Å². The van der Waals surface area contributed by atoms with Gasteiger partial charge in [-0.2, -0.15) is 0 Å². The summed E-state index contributed by atoms with van der Waals surface area (Å²) in [5.41, 5.74) is 1.74. The van der Waals surface area contributed by atoms with Crippen molar-refractivity contribution >= 4 is 16.6 Å². The predicted molar refractivity (Wildman–Crippen MR) is 82.7 cm³/mol. The van der Waals surface area contributed by atoms with Crippen LogP contribution in [-0.4, -0.2) is 5.78 Å². The molecule has 2 nitrogen and oxygen atoms in total. The average Bonchev–Trinajstić information content (AvgIpc) is 2.55. The molecule has 4 rings (SSSR count). The molecule has 1 atom stereocenters. The molecular formula is C19H14O2. The molecule has 1 aliphatic heterocycles. The topological polar surface area (TPSA) is 26.3 Å². The standard InChI is InChI=1S/C19H14O2/c20-17-12-18(14-7-2-1-3-8-14)21-19-15-9-5-4-6-13(15)10-11-16(17)19/h1-11,18H,12H2. The Labute approximate surface area is 123 Å². The van der Waals surface area contributed by atoms with E-state index >= 15 is 0 Å². The van der Waals surface area contributed by atoms with E-state index in [0.717, 1.165) is 22.1 Å². The van der Waals surface area contributed by atoms with Gasteiger partial charge in [-0.1, -0.05) is 60.7 Å². The molecule has 0 spiro atoms. The number of carbonyl (C=O) groups is 1. The summed E-state index contributed by atoms with van der Waals surface area (Å²) in [6.07, 6.45) is 0.201. The van der Waals surface area contributed by atoms with E-state index in [4.69, 9.17) is 4.74 Å². The maximum absolute atomic E-state index is 12.4. The number of Topliss-reactive ketones (excluding diaryl/α,β-unsaturated/α-hetero) is 1. The van der Waals surface area contributed by atoms with Crippen molar-refractivity contribution in [2.45, 2.75) is 12.5 Å². The van der Waals surface area contributed by atoms with Crippen molar-refractivity contribution in [2.24, 2.45) is 0 Å². The van der Waals surface area contributed by atoms with E-state index in [1.54, 1.807) is 0 Å². The zero-order valence-corrected chi connectivity index (χ0v) is 11.5. The Kier molecular flexibility index (Phi) is 2.74. The van der Waals surface area contributed by atoms with Crippen LogP contribution in [0.1, 0.15) is 28.4 Å². The summed E-state index contributed by atoms with van der Waals surface area (Å²) < 4.78 is 6.18. The van der Waals surface area contributed by atoms with Crippen LogP contribution in [0, 0.1) is 0 Å². The summed E-state index contributed by atoms with van der Waals surface area (Å²) in [6, 6.07) is 21.8. The van der Waals surface area contributed by atoms with Crippen molar-refractivity contribution in [3.05, 3.63) is 77.9 Å². The van der Waals surface area contributed by atoms with Crippen LogP contribution >= 0.6 is 0 Å². The highest BCUT2D eigenvalue weighted by atomic mass is 16.5. The lowest BCUT2D eigenvalue weighted by atomic mass is 9.94. The van der Waals surface area contributed by atoms with Crippen LogP contribution in [0.25, 0.3) is 10.8 Å². The second-order valence-electron chi connectivity index (χ2n) is 5.31. The number of hydrogen-bond donors (Lipinski definition) is 0. The molecule has 0 amide bonds. The summed E-state index contributed by atoms with van der Waals surface area (Å²) in [4.78, 5) is 12.4. The van der Waals surface area contributed by atoms with Crippen LogP contribution < -0.4 is 4.74 Å². The van der Waals surface area contributed by atoms with E-state index < -0.39 is 0 Å². The molecule has 3 aromatic carbocycles. The highest BCUT2D eigenvalue weighted by molar-refractivity contribution is 6.06. The predicted octanol–water partition coefficient (Wildman–Crippen LogP) is 4.55. The minimum Gasteiger partial charge on any atom is -0.484 e. The number of ketones is 1. The van der Waals surface area contributed by atoms with Crippen molar-refractivity contribution in [1.29, 1.82) is 0 Å². The molecule has 1 aliphatic rings. The third-order valence-corrected chi connectivity index (χ3v) is 3.98. The number of ether oxygens (including phenoxy) is 1. The van der Waals surface area contributed by atoms with Gasteiger partial charge in [-0.05, 0) is 17.0 Å². The van der Waals surface area contributed by atoms with Crippen LogP contribution in [0.3, 0.4) is 0 Å². The molecule has 0 saturated heterocycles. The fourth-order valence-electron chi connectivity index (χ4n) is 2.91. The lowest BCUT2D eigenvalue weighted by Crippen LogP contribution is -2.20. The first-order chi connectivity index (χ1) is 10.3. The Morgan fingerprint density at radius 1 is 0.857 bits per heavy atom. The highest BCUT2D eigenvalue weighted by Gasteiger charge is 2.28. The lowest BCUT2D eigenvalue weighted by Gasteiger charge is -2.26. The molecule has 21 heavy (non-hydrogen) atoms. The average molecular weight is 274 g/mol. The van der Waals surface area contributed by atoms with Crippen LogP contribution in [0.4, 0.5) is 0 Å². The van der Waals surface area contributed by atoms with Gasteiger partial charge in [-0.3, -0.25) is 4.79 Å². The number of hydrogen-bond acceptors (Lipinski definition) is 2. The summed E-state index contributed by atoms with van der Waals surface area (Å²) in [7, 11) is 0. The van der Waals surface area contributed by atoms with Crippen LogP contribution in [-0.2, 0) is 0 Å². The van der Waals surface area contributed by atoms with Crippen LogP contribution in [0.5, 0.6) is 5.75 Å². The SMILES string of the molecule is O=C1CC(c2ccccc2)Oc2c1ccc1ccccc21. The fraction of sp³-hybridized carbons (Fsp3) is 0.105. The summed E-state index contributed by atoms with van der Waals surface area (Å²) in [5, 5.41) is 2.10. The van der Waals surface area contributed by atoms with Crippen LogP contribution in [0.15, 0.2) is 66.7 Å². The molecule has 0 aromatic heterocycles. The maximum Gasteiger partial charge on any atom is 0.170 e. The van der Waals surface area contributed by atoms with E-state index in [2.05, 4.69) is 0 Å². The smallest absolute Gasteiger partial charge is 0.170 e. The quantitative estimate of drug-likeness (QED) is 0.651. The van der Waals surface area contributed by atoms with Gasteiger partial charge in [0, 0.05) is 5.39 Å². The van der Waals surface area contributed by atoms with Gasteiger partial charge in [0.05, 0.1) is 12.0 Å². The molecule has 2 heteroatoms. The third kappa shape index (κ3) is 2.00. The number of carbonyl (C=O) groups excluding carboxylic acids is 1. The second-order valence-corrected chi connectivity index (χ2v) is 5.31. The first-order valence-electron chi connectivity index (χ1n) is 7.09. The summed E-state index contributed by atoms with van der Waals surface area (Å²) >= 11 is 0. The minimum atomic E-state index is -0.197. The molecule has 0 saturated carbocycles. The molecule has 102 valence electrons. The molecule has 0 aliphatic carbocycles. The zero-order valence-electron chi connectivity index (χ0n) is 11.5. The summed E-state index contributed by atoms with van der Waals surface area (Å²) in [5.74, 6) is 0.869. The third-order valence-electron chi connectivity index (χ3n) is 3.98. The molecule has 1 unspecified atom stereocenters. The normalized spacial score (nSPS) is 17.3. The molecule has 0 fully saturated rings. The molecular weight excluding hydrogens is 260 g/mol. The van der Waals surface area contributed by atoms with Crippen molar-refractivity contribution in [3.8, 4) is 5.75 Å². The molecule has 3 aromatic rings. The Morgan fingerprint density at radius 2 is 1.62 bits per heavy atom. The Morgan fingerprint density at radius 3 is 2.48 bits per heavy atom. The molecule has 1 heterocycles. The summed E-state index contributed by atoms with van der Waals surface area (Å²) in [6.45, 7) is 0. The minimum absolute atomic E-state index is 0.149. The monoisotopic (exact) mass is 274 g/mol. The van der Waals surface area contributed by atoms with Gasteiger partial charge >= 0.3 is 0 Å². The Hall–Kier alpha value is -2.61. The van der Waals surface area contributed by atoms with Gasteiger partial charge < -0.3 is 4.74 Å². The van der Waals surface area contributed by atoms with Gasteiger partial charge in [0.15, 0.2) is 5.78 Å². The van der Waals surface area contributed by atoms with Crippen molar-refractivity contribution in [3.63, 3.8) is 0 Å². The lowest BCUT2D eigenvalue weighted by molar-refractivity contribution is 0.0853. The van der Waals surface area contributed by atoms with Crippen molar-refractivity contribution in [1.82, 2.24) is 0 Å². The number of benzene rings is 3. The number of fused-ring (bicyclic) bond motifs is 3. The van der Waals surface area contributed by atoms with Crippen molar-refractivity contribution in [2.75, 3.05) is 0 Å². The molecule has 0 radical (unpaired) electrons. The van der Waals surface area contributed by atoms with Gasteiger partial charge in [0.1, 0.15) is 11.9 Å². The fourth-order valence-corrected chi connectivity index (χ4v) is 2.91. The number of rotatable bonds is 1. The molecule has 0 bridgehead atoms. The largest absolute Gasteiger partial charge is 0.484 e. The van der Waals surface area contributed by atoms with Crippen LogP contribution in [0.2, 0.25) is 0 Å². The van der Waals surface area contributed by atoms with E-state index in [-0.39, 0.29) is 11.9 Å². The van der Waals surface area contributed by atoms with E-state index in [1.807, 2.05) is 66.7 Å². The first kappa shape index (κ1) is 12.2. The Balaban J connectivity index is 1.86. The van der Waals surface area contributed by atoms with Gasteiger partial charge in [-0.15, -0.1) is 0 Å². The highest BCUT2D eigenvalue weighted by Crippen LogP contribution is 2.39. The zero-order chi connectivity index (χ0) is 14.2. The van der Waals surface area contributed by atoms with E-state index in [9.17, 15) is 4.79 Å². The van der Waals surface area contributed by atoms with Crippen molar-refractivity contribution < 1.29 is 9.53 Å². The Bertz CT molecular complexity index is 821. The maximum atomic E-state index is 12.4. The molecule has 0 N–H and O–H groups in total. The van der Waals surface area contributed by atoms with E-state index in [0.29, 0.717) is 12.0 Å². The second kappa shape index (κ2) is 4.74. The first-order valence-corrected chi connectivity index (χ1v) is 7.09. The van der Waals surface area contributed by atoms with Gasteiger partial charge in [0.25, 0.3) is 0 Å². The van der Waals surface area contributed by atoms with Gasteiger partial charge in [-0.25, -0.2) is 0 Å².